The fourth-order valence-electron chi connectivity index (χ4n) is 1.81. The summed E-state index contributed by atoms with van der Waals surface area (Å²) in [6.07, 6.45) is 1.84. The largest absolute Gasteiger partial charge is 0.434 e. The SMILES string of the molecule is O=[N+]([O-])c1ccc(Oc2nc3sccn3c2CBr)c(F)c1. The van der Waals surface area contributed by atoms with Crippen molar-refractivity contribution >= 4 is 37.9 Å². The van der Waals surface area contributed by atoms with Crippen LogP contribution in [0.15, 0.2) is 29.8 Å². The highest BCUT2D eigenvalue weighted by molar-refractivity contribution is 9.08. The Kier molecular flexibility index (Phi) is 3.60. The molecule has 6 nitrogen and oxygen atoms in total. The van der Waals surface area contributed by atoms with Gasteiger partial charge in [0.15, 0.2) is 16.5 Å². The number of thiazole rings is 1. The van der Waals surface area contributed by atoms with Crippen molar-refractivity contribution in [3.63, 3.8) is 0 Å². The Balaban J connectivity index is 1.98. The molecule has 0 saturated heterocycles. The average Bonchev–Trinajstić information content (AvgIpc) is 3.00. The van der Waals surface area contributed by atoms with Crippen LogP contribution in [0.1, 0.15) is 5.69 Å². The molecular weight excluding hydrogens is 365 g/mol. The van der Waals surface area contributed by atoms with Gasteiger partial charge in [-0.15, -0.1) is 11.3 Å². The highest BCUT2D eigenvalue weighted by atomic mass is 79.9. The molecule has 0 radical (unpaired) electrons. The fraction of sp³-hybridized carbons (Fsp3) is 0.0833. The maximum absolute atomic E-state index is 13.8. The Bertz CT molecular complexity index is 832. The number of imidazole rings is 1. The lowest BCUT2D eigenvalue weighted by Crippen LogP contribution is -1.95. The molecule has 0 unspecified atom stereocenters. The molecule has 0 bridgehead atoms. The standard InChI is InChI=1S/C12H7BrFN3O3S/c13-6-9-11(15-12-16(9)3-4-21-12)20-10-2-1-7(17(18)19)5-8(10)14/h1-5H,6H2. The number of ether oxygens (including phenoxy) is 1. The minimum Gasteiger partial charge on any atom is -0.434 e. The first kappa shape index (κ1) is 14.0. The Morgan fingerprint density at radius 1 is 1.52 bits per heavy atom. The Morgan fingerprint density at radius 2 is 2.33 bits per heavy atom. The van der Waals surface area contributed by atoms with Gasteiger partial charge < -0.3 is 4.74 Å². The van der Waals surface area contributed by atoms with Crippen molar-refractivity contribution in [3.05, 3.63) is 51.4 Å². The van der Waals surface area contributed by atoms with Crippen LogP contribution in [-0.4, -0.2) is 14.3 Å². The first-order valence-corrected chi connectivity index (χ1v) is 7.72. The number of rotatable bonds is 4. The van der Waals surface area contributed by atoms with Crippen molar-refractivity contribution in [1.82, 2.24) is 9.38 Å². The van der Waals surface area contributed by atoms with E-state index in [1.165, 1.54) is 23.5 Å². The highest BCUT2D eigenvalue weighted by Gasteiger charge is 2.17. The molecule has 3 rings (SSSR count). The van der Waals surface area contributed by atoms with Gasteiger partial charge in [0.25, 0.3) is 5.69 Å². The molecule has 0 amide bonds. The average molecular weight is 372 g/mol. The molecule has 0 N–H and O–H groups in total. The number of hydrogen-bond acceptors (Lipinski definition) is 5. The normalized spacial score (nSPS) is 11.0. The topological polar surface area (TPSA) is 69.7 Å². The van der Waals surface area contributed by atoms with Gasteiger partial charge in [0, 0.05) is 23.0 Å². The predicted octanol–water partition coefficient (Wildman–Crippen LogP) is 4.13. The number of aromatic nitrogens is 2. The van der Waals surface area contributed by atoms with Crippen molar-refractivity contribution in [3.8, 4) is 11.6 Å². The van der Waals surface area contributed by atoms with Gasteiger partial charge in [0.2, 0.25) is 5.88 Å². The van der Waals surface area contributed by atoms with Crippen LogP contribution in [0.3, 0.4) is 0 Å². The molecule has 0 aliphatic carbocycles. The molecule has 0 aliphatic heterocycles. The lowest BCUT2D eigenvalue weighted by atomic mass is 10.3. The Labute approximate surface area is 130 Å². The molecule has 9 heteroatoms. The summed E-state index contributed by atoms with van der Waals surface area (Å²) in [5, 5.41) is 12.9. The summed E-state index contributed by atoms with van der Waals surface area (Å²) in [5.74, 6) is -0.638. The molecule has 0 saturated carbocycles. The minimum atomic E-state index is -0.805. The van der Waals surface area contributed by atoms with Gasteiger partial charge >= 0.3 is 0 Å². The van der Waals surface area contributed by atoms with Crippen LogP contribution in [0.25, 0.3) is 4.96 Å². The molecule has 3 aromatic rings. The third-order valence-corrected chi connectivity index (χ3v) is 4.07. The predicted molar refractivity (Wildman–Crippen MR) is 78.8 cm³/mol. The molecule has 0 fully saturated rings. The number of nitrogens with zero attached hydrogens (tertiary/aromatic N) is 3. The maximum Gasteiger partial charge on any atom is 0.272 e. The number of fused-ring (bicyclic) bond motifs is 1. The van der Waals surface area contributed by atoms with Crippen LogP contribution in [0.5, 0.6) is 11.6 Å². The fourth-order valence-corrected chi connectivity index (χ4v) is 3.04. The van der Waals surface area contributed by atoms with Crippen molar-refractivity contribution in [2.24, 2.45) is 0 Å². The van der Waals surface area contributed by atoms with E-state index >= 15 is 0 Å². The molecule has 0 atom stereocenters. The number of benzene rings is 1. The number of alkyl halides is 1. The molecule has 0 aliphatic rings. The zero-order valence-electron chi connectivity index (χ0n) is 10.3. The summed E-state index contributed by atoms with van der Waals surface area (Å²) in [7, 11) is 0. The van der Waals surface area contributed by atoms with E-state index in [-0.39, 0.29) is 17.3 Å². The summed E-state index contributed by atoms with van der Waals surface area (Å²) in [4.78, 5) is 14.9. The molecule has 21 heavy (non-hydrogen) atoms. The second kappa shape index (κ2) is 5.41. The van der Waals surface area contributed by atoms with Gasteiger partial charge in [-0.2, -0.15) is 4.98 Å². The van der Waals surface area contributed by atoms with Crippen LogP contribution >= 0.6 is 27.3 Å². The van der Waals surface area contributed by atoms with Crippen molar-refractivity contribution in [2.75, 3.05) is 0 Å². The van der Waals surface area contributed by atoms with Crippen molar-refractivity contribution in [1.29, 1.82) is 0 Å². The first-order chi connectivity index (χ1) is 10.1. The molecule has 1 aromatic carbocycles. The lowest BCUT2D eigenvalue weighted by Gasteiger charge is -2.05. The van der Waals surface area contributed by atoms with Crippen LogP contribution in [0.4, 0.5) is 10.1 Å². The summed E-state index contributed by atoms with van der Waals surface area (Å²) < 4.78 is 21.1. The van der Waals surface area contributed by atoms with E-state index in [1.54, 1.807) is 0 Å². The van der Waals surface area contributed by atoms with Gasteiger partial charge in [-0.05, 0) is 6.07 Å². The van der Waals surface area contributed by atoms with Crippen LogP contribution in [-0.2, 0) is 5.33 Å². The highest BCUT2D eigenvalue weighted by Crippen LogP contribution is 2.31. The van der Waals surface area contributed by atoms with E-state index < -0.39 is 10.7 Å². The molecule has 0 spiro atoms. The maximum atomic E-state index is 13.8. The molecular formula is C12H7BrFN3O3S. The molecule has 2 heterocycles. The second-order valence-electron chi connectivity index (χ2n) is 4.03. The smallest absolute Gasteiger partial charge is 0.272 e. The second-order valence-corrected chi connectivity index (χ2v) is 5.46. The number of nitro benzene ring substituents is 1. The van der Waals surface area contributed by atoms with E-state index in [0.29, 0.717) is 5.33 Å². The zero-order chi connectivity index (χ0) is 15.0. The monoisotopic (exact) mass is 371 g/mol. The van der Waals surface area contributed by atoms with Gasteiger partial charge in [-0.3, -0.25) is 14.5 Å². The Morgan fingerprint density at radius 3 is 3.00 bits per heavy atom. The summed E-state index contributed by atoms with van der Waals surface area (Å²) >= 11 is 4.76. The molecule has 2 aromatic heterocycles. The van der Waals surface area contributed by atoms with Crippen LogP contribution < -0.4 is 4.74 Å². The third-order valence-electron chi connectivity index (χ3n) is 2.78. The van der Waals surface area contributed by atoms with E-state index in [9.17, 15) is 14.5 Å². The number of hydrogen-bond donors (Lipinski definition) is 0. The van der Waals surface area contributed by atoms with Crippen LogP contribution in [0, 0.1) is 15.9 Å². The third kappa shape index (κ3) is 2.49. The number of non-ortho nitro benzene ring substituents is 1. The lowest BCUT2D eigenvalue weighted by molar-refractivity contribution is -0.385. The van der Waals surface area contributed by atoms with Crippen molar-refractivity contribution in [2.45, 2.75) is 5.33 Å². The van der Waals surface area contributed by atoms with Crippen molar-refractivity contribution < 1.29 is 14.1 Å². The van der Waals surface area contributed by atoms with Gasteiger partial charge in [-0.25, -0.2) is 4.39 Å². The minimum absolute atomic E-state index is 0.103. The summed E-state index contributed by atoms with van der Waals surface area (Å²) in [6.45, 7) is 0. The van der Waals surface area contributed by atoms with E-state index in [4.69, 9.17) is 4.74 Å². The van der Waals surface area contributed by atoms with Gasteiger partial charge in [0.1, 0.15) is 0 Å². The quantitative estimate of drug-likeness (QED) is 0.392. The van der Waals surface area contributed by atoms with E-state index in [2.05, 4.69) is 20.9 Å². The first-order valence-electron chi connectivity index (χ1n) is 5.72. The summed E-state index contributed by atoms with van der Waals surface area (Å²) in [6, 6.07) is 3.23. The van der Waals surface area contributed by atoms with Gasteiger partial charge in [-0.1, -0.05) is 15.9 Å². The number of halogens is 2. The number of nitro groups is 1. The Hall–Kier alpha value is -2.00. The van der Waals surface area contributed by atoms with E-state index in [1.807, 2.05) is 16.0 Å². The molecule has 108 valence electrons. The van der Waals surface area contributed by atoms with Crippen LogP contribution in [0.2, 0.25) is 0 Å². The summed E-state index contributed by atoms with van der Waals surface area (Å²) in [5.41, 5.74) is 0.412. The zero-order valence-corrected chi connectivity index (χ0v) is 12.7. The van der Waals surface area contributed by atoms with E-state index in [0.717, 1.165) is 16.7 Å². The van der Waals surface area contributed by atoms with Gasteiger partial charge in [0.05, 0.1) is 16.7 Å².